The Morgan fingerprint density at radius 1 is 1.22 bits per heavy atom. The van der Waals surface area contributed by atoms with Gasteiger partial charge in [0.1, 0.15) is 0 Å². The number of hydrogen-bond acceptors (Lipinski definition) is 0. The highest BCUT2D eigenvalue weighted by Gasteiger charge is 2.17. The van der Waals surface area contributed by atoms with Gasteiger partial charge in [0.2, 0.25) is 0 Å². The third-order valence-electron chi connectivity index (χ3n) is 3.65. The molecule has 0 heteroatoms. The molecule has 0 spiro atoms. The molecule has 0 heterocycles. The van der Waals surface area contributed by atoms with E-state index in [-0.39, 0.29) is 5.41 Å². The van der Waals surface area contributed by atoms with Crippen molar-refractivity contribution in [3.8, 4) is 0 Å². The van der Waals surface area contributed by atoms with Gasteiger partial charge in [-0.25, -0.2) is 0 Å². The Morgan fingerprint density at radius 3 is 2.39 bits per heavy atom. The van der Waals surface area contributed by atoms with Crippen molar-refractivity contribution in [3.05, 3.63) is 47.0 Å². The van der Waals surface area contributed by atoms with E-state index in [1.807, 2.05) is 0 Å². The molecule has 100 valence electrons. The van der Waals surface area contributed by atoms with Crippen LogP contribution >= 0.6 is 0 Å². The summed E-state index contributed by atoms with van der Waals surface area (Å²) in [7, 11) is 0. The lowest BCUT2D eigenvalue weighted by molar-refractivity contribution is 0.587. The minimum atomic E-state index is 0.237. The molecule has 0 nitrogen and oxygen atoms in total. The van der Waals surface area contributed by atoms with Crippen molar-refractivity contribution in [3.63, 3.8) is 0 Å². The molecule has 0 aromatic heterocycles. The number of rotatable bonds is 4. The Kier molecular flexibility index (Phi) is 5.19. The summed E-state index contributed by atoms with van der Waals surface area (Å²) in [6.07, 6.45) is 6.68. The predicted octanol–water partition coefficient (Wildman–Crippen LogP) is 5.62. The second-order valence-corrected chi connectivity index (χ2v) is 6.22. The molecule has 0 bridgehead atoms. The van der Waals surface area contributed by atoms with Gasteiger partial charge in [0.15, 0.2) is 0 Å². The molecular weight excluding hydrogens is 216 g/mol. The van der Waals surface area contributed by atoms with Crippen LogP contribution in [0.2, 0.25) is 0 Å². The van der Waals surface area contributed by atoms with Crippen molar-refractivity contribution in [2.75, 3.05) is 0 Å². The van der Waals surface area contributed by atoms with Crippen LogP contribution in [-0.2, 0) is 11.8 Å². The van der Waals surface area contributed by atoms with Crippen LogP contribution in [-0.4, -0.2) is 0 Å². The van der Waals surface area contributed by atoms with Crippen LogP contribution in [0.3, 0.4) is 0 Å². The van der Waals surface area contributed by atoms with E-state index in [4.69, 9.17) is 0 Å². The fourth-order valence-corrected chi connectivity index (χ4v) is 2.31. The van der Waals surface area contributed by atoms with Crippen LogP contribution in [0.5, 0.6) is 0 Å². The summed E-state index contributed by atoms with van der Waals surface area (Å²) in [5.74, 6) is 0.610. The predicted molar refractivity (Wildman–Crippen MR) is 82.4 cm³/mol. The zero-order chi connectivity index (χ0) is 13.8. The third-order valence-corrected chi connectivity index (χ3v) is 3.65. The van der Waals surface area contributed by atoms with Gasteiger partial charge in [-0.15, -0.1) is 0 Å². The van der Waals surface area contributed by atoms with Crippen molar-refractivity contribution >= 4 is 0 Å². The molecule has 18 heavy (non-hydrogen) atoms. The summed E-state index contributed by atoms with van der Waals surface area (Å²) in [6.45, 7) is 13.5. The van der Waals surface area contributed by atoms with E-state index < -0.39 is 0 Å². The zero-order valence-corrected chi connectivity index (χ0v) is 12.9. The van der Waals surface area contributed by atoms with Crippen LogP contribution in [0.15, 0.2) is 30.4 Å². The minimum absolute atomic E-state index is 0.237. The van der Waals surface area contributed by atoms with E-state index in [0.717, 1.165) is 12.8 Å². The summed E-state index contributed by atoms with van der Waals surface area (Å²) in [5.41, 5.74) is 4.71. The molecule has 1 rings (SSSR count). The second-order valence-electron chi connectivity index (χ2n) is 6.22. The van der Waals surface area contributed by atoms with Gasteiger partial charge in [-0.1, -0.05) is 65.0 Å². The molecule has 0 aliphatic rings. The van der Waals surface area contributed by atoms with Gasteiger partial charge in [0.25, 0.3) is 0 Å². The Labute approximate surface area is 113 Å². The van der Waals surface area contributed by atoms with Gasteiger partial charge < -0.3 is 0 Å². The highest BCUT2D eigenvalue weighted by atomic mass is 14.2. The molecule has 0 aliphatic carbocycles. The number of hydrogen-bond donors (Lipinski definition) is 0. The Bertz CT molecular complexity index is 405. The van der Waals surface area contributed by atoms with E-state index in [2.05, 4.69) is 71.9 Å². The molecule has 1 unspecified atom stereocenters. The summed E-state index contributed by atoms with van der Waals surface area (Å²) in [4.78, 5) is 0. The SMILES string of the molecule is C/C=C\CC(C)c1cc(C(C)(C)C)ccc1CC. The third kappa shape index (κ3) is 3.73. The quantitative estimate of drug-likeness (QED) is 0.603. The van der Waals surface area contributed by atoms with Crippen LogP contribution in [0.1, 0.15) is 70.6 Å². The number of benzene rings is 1. The molecule has 0 saturated heterocycles. The Balaban J connectivity index is 3.13. The van der Waals surface area contributed by atoms with E-state index in [1.54, 1.807) is 0 Å². The van der Waals surface area contributed by atoms with Gasteiger partial charge >= 0.3 is 0 Å². The monoisotopic (exact) mass is 244 g/mol. The highest BCUT2D eigenvalue weighted by molar-refractivity contribution is 5.37. The molecule has 0 saturated carbocycles. The lowest BCUT2D eigenvalue weighted by atomic mass is 9.82. The van der Waals surface area contributed by atoms with Crippen LogP contribution in [0, 0.1) is 0 Å². The van der Waals surface area contributed by atoms with Gasteiger partial charge in [0, 0.05) is 0 Å². The molecule has 0 amide bonds. The fourth-order valence-electron chi connectivity index (χ4n) is 2.31. The van der Waals surface area contributed by atoms with Crippen LogP contribution in [0.25, 0.3) is 0 Å². The zero-order valence-electron chi connectivity index (χ0n) is 12.9. The first kappa shape index (κ1) is 15.0. The Morgan fingerprint density at radius 2 is 1.89 bits per heavy atom. The van der Waals surface area contributed by atoms with Gasteiger partial charge in [-0.05, 0) is 47.8 Å². The maximum atomic E-state index is 2.42. The molecule has 0 aliphatic heterocycles. The highest BCUT2D eigenvalue weighted by Crippen LogP contribution is 2.30. The minimum Gasteiger partial charge on any atom is -0.0916 e. The molecule has 1 aromatic carbocycles. The van der Waals surface area contributed by atoms with Crippen molar-refractivity contribution in [1.29, 1.82) is 0 Å². The van der Waals surface area contributed by atoms with Crippen molar-refractivity contribution in [1.82, 2.24) is 0 Å². The average molecular weight is 244 g/mol. The lowest BCUT2D eigenvalue weighted by Gasteiger charge is -2.23. The first-order valence-corrected chi connectivity index (χ1v) is 7.14. The fraction of sp³-hybridized carbons (Fsp3) is 0.556. The standard InChI is InChI=1S/C18H28/c1-7-9-10-14(3)17-13-16(18(4,5)6)12-11-15(17)8-2/h7,9,11-14H,8,10H2,1-6H3/b9-7-. The summed E-state index contributed by atoms with van der Waals surface area (Å²) in [6, 6.07) is 7.04. The molecule has 1 aromatic rings. The van der Waals surface area contributed by atoms with E-state index in [0.29, 0.717) is 5.92 Å². The molecule has 1 atom stereocenters. The maximum absolute atomic E-state index is 2.42. The summed E-state index contributed by atoms with van der Waals surface area (Å²) >= 11 is 0. The van der Waals surface area contributed by atoms with Crippen molar-refractivity contribution in [2.45, 2.75) is 65.7 Å². The van der Waals surface area contributed by atoms with E-state index >= 15 is 0 Å². The molecule has 0 fully saturated rings. The maximum Gasteiger partial charge on any atom is -0.0132 e. The molecule has 0 N–H and O–H groups in total. The average Bonchev–Trinajstić information content (AvgIpc) is 2.34. The summed E-state index contributed by atoms with van der Waals surface area (Å²) < 4.78 is 0. The topological polar surface area (TPSA) is 0 Å². The molecule has 0 radical (unpaired) electrons. The molecular formula is C18H28. The second kappa shape index (κ2) is 6.22. The van der Waals surface area contributed by atoms with Crippen LogP contribution < -0.4 is 0 Å². The van der Waals surface area contributed by atoms with Gasteiger partial charge in [0.05, 0.1) is 0 Å². The number of allylic oxidation sites excluding steroid dienone is 2. The van der Waals surface area contributed by atoms with E-state index in [9.17, 15) is 0 Å². The van der Waals surface area contributed by atoms with Gasteiger partial charge in [-0.3, -0.25) is 0 Å². The van der Waals surface area contributed by atoms with Crippen LogP contribution in [0.4, 0.5) is 0 Å². The number of aryl methyl sites for hydroxylation is 1. The normalized spacial score (nSPS) is 14.1. The largest absolute Gasteiger partial charge is 0.0916 e. The van der Waals surface area contributed by atoms with Crippen molar-refractivity contribution in [2.24, 2.45) is 0 Å². The van der Waals surface area contributed by atoms with Gasteiger partial charge in [-0.2, -0.15) is 0 Å². The Hall–Kier alpha value is -1.04. The lowest BCUT2D eigenvalue weighted by Crippen LogP contribution is -2.12. The summed E-state index contributed by atoms with van der Waals surface area (Å²) in [5, 5.41) is 0. The first-order valence-electron chi connectivity index (χ1n) is 7.14. The smallest absolute Gasteiger partial charge is 0.0132 e. The van der Waals surface area contributed by atoms with E-state index in [1.165, 1.54) is 16.7 Å². The first-order chi connectivity index (χ1) is 8.40. The van der Waals surface area contributed by atoms with Crippen molar-refractivity contribution < 1.29 is 0 Å².